The molecule has 31 heavy (non-hydrogen) atoms. The van der Waals surface area contributed by atoms with Crippen LogP contribution in [0.3, 0.4) is 0 Å². The summed E-state index contributed by atoms with van der Waals surface area (Å²) in [6, 6.07) is 6.96. The number of anilines is 2. The molecule has 2 aromatic rings. The molecule has 1 aromatic heterocycles. The molecule has 1 aromatic carbocycles. The Morgan fingerprint density at radius 3 is 2.84 bits per heavy atom. The number of amidine groups is 1. The van der Waals surface area contributed by atoms with Crippen molar-refractivity contribution in [2.75, 3.05) is 29.1 Å². The van der Waals surface area contributed by atoms with Crippen molar-refractivity contribution < 1.29 is 22.4 Å². The van der Waals surface area contributed by atoms with E-state index in [0.29, 0.717) is 24.2 Å². The molecule has 0 bridgehead atoms. The zero-order chi connectivity index (χ0) is 21.6. The minimum absolute atomic E-state index is 0.0887. The number of carbonyl (C=O) groups is 2. The van der Waals surface area contributed by atoms with Crippen LogP contribution < -0.4 is 10.2 Å². The number of nitrogens with zero attached hydrogens (tertiary/aromatic N) is 3. The lowest BCUT2D eigenvalue weighted by Crippen LogP contribution is -2.40. The van der Waals surface area contributed by atoms with E-state index >= 15 is 0 Å². The lowest BCUT2D eigenvalue weighted by atomic mass is 10.1. The van der Waals surface area contributed by atoms with Crippen molar-refractivity contribution in [2.45, 2.75) is 6.42 Å². The van der Waals surface area contributed by atoms with E-state index in [1.165, 1.54) is 12.5 Å². The largest absolute Gasteiger partial charge is 0.472 e. The number of allylic oxidation sites excluding steroid dienone is 2. The summed E-state index contributed by atoms with van der Waals surface area (Å²) in [6.07, 6.45) is 8.47. The van der Waals surface area contributed by atoms with Crippen LogP contribution in [0.5, 0.6) is 0 Å². The van der Waals surface area contributed by atoms with Gasteiger partial charge in [-0.2, -0.15) is 0 Å². The van der Waals surface area contributed by atoms with Crippen molar-refractivity contribution in [3.8, 4) is 0 Å². The molecule has 0 aliphatic carbocycles. The molecular weight excluding hydrogens is 420 g/mol. The van der Waals surface area contributed by atoms with Gasteiger partial charge in [-0.05, 0) is 48.4 Å². The van der Waals surface area contributed by atoms with E-state index in [1.807, 2.05) is 6.07 Å². The predicted molar refractivity (Wildman–Crippen MR) is 114 cm³/mol. The fourth-order valence-electron chi connectivity index (χ4n) is 3.82. The maximum atomic E-state index is 12.9. The number of hydrogen-bond donors (Lipinski definition) is 1. The molecule has 9 nitrogen and oxygen atoms in total. The Balaban J connectivity index is 1.36. The number of nitrogens with one attached hydrogen (secondary N) is 1. The normalized spacial score (nSPS) is 18.7. The minimum atomic E-state index is -3.59. The van der Waals surface area contributed by atoms with Crippen molar-refractivity contribution in [1.29, 1.82) is 0 Å². The highest BCUT2D eigenvalue weighted by Gasteiger charge is 2.31. The summed E-state index contributed by atoms with van der Waals surface area (Å²) >= 11 is 0. The summed E-state index contributed by atoms with van der Waals surface area (Å²) in [6.45, 7) is 0.790. The van der Waals surface area contributed by atoms with E-state index in [2.05, 4.69) is 9.71 Å². The predicted octanol–water partition coefficient (Wildman–Crippen LogP) is 1.92. The van der Waals surface area contributed by atoms with Gasteiger partial charge in [-0.15, -0.1) is 4.40 Å². The molecule has 0 atom stereocenters. The first-order valence-corrected chi connectivity index (χ1v) is 11.3. The van der Waals surface area contributed by atoms with Gasteiger partial charge in [0.05, 0.1) is 23.2 Å². The van der Waals surface area contributed by atoms with Crippen LogP contribution in [-0.2, 0) is 21.2 Å². The first-order valence-electron chi connectivity index (χ1n) is 9.68. The number of furan rings is 1. The van der Waals surface area contributed by atoms with Gasteiger partial charge in [0.15, 0.2) is 5.84 Å². The number of hydrogen-bond acceptors (Lipinski definition) is 6. The minimum Gasteiger partial charge on any atom is -0.472 e. The Hall–Kier alpha value is -3.66. The fraction of sp³-hybridized carbons (Fsp3) is 0.190. The Morgan fingerprint density at radius 1 is 1.16 bits per heavy atom. The van der Waals surface area contributed by atoms with Gasteiger partial charge in [-0.3, -0.25) is 9.59 Å². The number of carbonyl (C=O) groups excluding carboxylic acids is 2. The summed E-state index contributed by atoms with van der Waals surface area (Å²) in [4.78, 5) is 28.8. The first kappa shape index (κ1) is 19.3. The molecule has 5 rings (SSSR count). The molecule has 0 saturated carbocycles. The maximum Gasteiger partial charge on any atom is 0.261 e. The lowest BCUT2D eigenvalue weighted by Gasteiger charge is -2.28. The summed E-state index contributed by atoms with van der Waals surface area (Å²) in [7, 11) is -3.59. The second kappa shape index (κ2) is 7.24. The molecule has 0 unspecified atom stereocenters. The number of amides is 2. The Morgan fingerprint density at radius 2 is 2.03 bits per heavy atom. The average Bonchev–Trinajstić information content (AvgIpc) is 3.42. The zero-order valence-electron chi connectivity index (χ0n) is 16.3. The second-order valence-electron chi connectivity index (χ2n) is 7.33. The lowest BCUT2D eigenvalue weighted by molar-refractivity contribution is -0.112. The second-order valence-corrected chi connectivity index (χ2v) is 9.09. The SMILES string of the molecule is O=C(Nc1ccc2c(c1)CCN2C(=O)c1ccoc1)C1=CC=CN2CCS(=O)(=O)N=C12. The highest BCUT2D eigenvalue weighted by Crippen LogP contribution is 2.32. The first-order chi connectivity index (χ1) is 14.9. The van der Waals surface area contributed by atoms with Crippen LogP contribution in [0.4, 0.5) is 11.4 Å². The van der Waals surface area contributed by atoms with E-state index < -0.39 is 15.9 Å². The maximum absolute atomic E-state index is 12.9. The molecule has 0 radical (unpaired) electrons. The number of benzene rings is 1. The third kappa shape index (κ3) is 3.55. The molecular formula is C21H18N4O5S. The van der Waals surface area contributed by atoms with Crippen molar-refractivity contribution in [2.24, 2.45) is 4.40 Å². The quantitative estimate of drug-likeness (QED) is 0.784. The van der Waals surface area contributed by atoms with E-state index in [1.54, 1.807) is 46.4 Å². The summed E-state index contributed by atoms with van der Waals surface area (Å²) < 4.78 is 32.6. The number of rotatable bonds is 3. The van der Waals surface area contributed by atoms with Crippen LogP contribution in [0.2, 0.25) is 0 Å². The molecule has 3 aliphatic heterocycles. The highest BCUT2D eigenvalue weighted by molar-refractivity contribution is 7.90. The Kier molecular flexibility index (Phi) is 4.51. The van der Waals surface area contributed by atoms with Crippen molar-refractivity contribution >= 4 is 39.0 Å². The van der Waals surface area contributed by atoms with Gasteiger partial charge in [-0.25, -0.2) is 8.42 Å². The third-order valence-corrected chi connectivity index (χ3v) is 6.50. The van der Waals surface area contributed by atoms with E-state index in [-0.39, 0.29) is 29.6 Å². The van der Waals surface area contributed by atoms with Crippen molar-refractivity contribution in [3.63, 3.8) is 0 Å². The van der Waals surface area contributed by atoms with E-state index in [0.717, 1.165) is 11.3 Å². The molecule has 2 amide bonds. The molecule has 0 fully saturated rings. The molecule has 158 valence electrons. The molecule has 10 heteroatoms. The van der Waals surface area contributed by atoms with Crippen LogP contribution in [0.15, 0.2) is 69.5 Å². The van der Waals surface area contributed by atoms with Crippen LogP contribution in [0.25, 0.3) is 0 Å². The van der Waals surface area contributed by atoms with Crippen LogP contribution in [-0.4, -0.2) is 49.8 Å². The van der Waals surface area contributed by atoms with Gasteiger partial charge in [0.1, 0.15) is 6.26 Å². The summed E-state index contributed by atoms with van der Waals surface area (Å²) in [5.41, 5.74) is 2.95. The topological polar surface area (TPSA) is 112 Å². The van der Waals surface area contributed by atoms with Crippen LogP contribution in [0, 0.1) is 0 Å². The van der Waals surface area contributed by atoms with Crippen LogP contribution >= 0.6 is 0 Å². The van der Waals surface area contributed by atoms with E-state index in [9.17, 15) is 18.0 Å². The van der Waals surface area contributed by atoms with Gasteiger partial charge in [0.25, 0.3) is 21.8 Å². The van der Waals surface area contributed by atoms with Crippen molar-refractivity contribution in [1.82, 2.24) is 4.90 Å². The van der Waals surface area contributed by atoms with Gasteiger partial charge >= 0.3 is 0 Å². The summed E-state index contributed by atoms with van der Waals surface area (Å²) in [5, 5.41) is 2.81. The highest BCUT2D eigenvalue weighted by atomic mass is 32.2. The molecule has 1 N–H and O–H groups in total. The molecule has 3 aliphatic rings. The van der Waals surface area contributed by atoms with E-state index in [4.69, 9.17) is 4.42 Å². The van der Waals surface area contributed by atoms with Crippen molar-refractivity contribution in [3.05, 3.63) is 71.8 Å². The average molecular weight is 438 g/mol. The number of fused-ring (bicyclic) bond motifs is 2. The van der Waals surface area contributed by atoms with Gasteiger partial charge in [0, 0.05) is 30.7 Å². The Labute approximate surface area is 178 Å². The van der Waals surface area contributed by atoms with Gasteiger partial charge in [0.2, 0.25) is 0 Å². The van der Waals surface area contributed by atoms with Gasteiger partial charge in [-0.1, -0.05) is 0 Å². The number of sulfonamides is 1. The Bertz CT molecular complexity index is 1270. The summed E-state index contributed by atoms with van der Waals surface area (Å²) in [5.74, 6) is -0.548. The molecule has 4 heterocycles. The zero-order valence-corrected chi connectivity index (χ0v) is 17.1. The monoisotopic (exact) mass is 438 g/mol. The van der Waals surface area contributed by atoms with Gasteiger partial charge < -0.3 is 19.5 Å². The molecule has 0 saturated heterocycles. The standard InChI is InChI=1S/C21H18N4O5S/c26-20(17-2-1-7-24-9-11-31(28,29)23-19(17)24)22-16-3-4-18-14(12-16)5-8-25(18)21(27)15-6-10-30-13-15/h1-4,6-7,10,12-13H,5,8-9,11H2,(H,22,26). The fourth-order valence-corrected chi connectivity index (χ4v) is 4.81. The third-order valence-electron chi connectivity index (χ3n) is 5.35. The van der Waals surface area contributed by atoms with Crippen LogP contribution in [0.1, 0.15) is 15.9 Å². The molecule has 0 spiro atoms. The smallest absolute Gasteiger partial charge is 0.261 e.